The molecule has 11 nitrogen and oxygen atoms in total. The number of rotatable bonds is 7. The molecule has 34 heavy (non-hydrogen) atoms. The lowest BCUT2D eigenvalue weighted by Gasteiger charge is -2.11. The van der Waals surface area contributed by atoms with Crippen molar-refractivity contribution in [3.8, 4) is 11.5 Å². The predicted octanol–water partition coefficient (Wildman–Crippen LogP) is 0.793. The van der Waals surface area contributed by atoms with Crippen LogP contribution < -0.4 is 25.0 Å². The highest BCUT2D eigenvalue weighted by atomic mass is 32.2. The van der Waals surface area contributed by atoms with Crippen LogP contribution in [0.3, 0.4) is 0 Å². The second kappa shape index (κ2) is 10.1. The summed E-state index contributed by atoms with van der Waals surface area (Å²) < 4.78 is 40.3. The first kappa shape index (κ1) is 23.5. The van der Waals surface area contributed by atoms with Crippen molar-refractivity contribution in [2.24, 2.45) is 7.05 Å². The van der Waals surface area contributed by atoms with E-state index in [0.717, 1.165) is 11.0 Å². The van der Waals surface area contributed by atoms with Crippen molar-refractivity contribution in [1.29, 1.82) is 0 Å². The molecule has 180 valence electrons. The maximum Gasteiger partial charge on any atom is 0.245 e. The largest absolute Gasteiger partial charge is 0.490 e. The summed E-state index contributed by atoms with van der Waals surface area (Å²) in [7, 11) is -2.04. The third kappa shape index (κ3) is 5.46. The van der Waals surface area contributed by atoms with Crippen molar-refractivity contribution in [2.75, 3.05) is 19.8 Å². The Hall–Kier alpha value is -3.64. The normalized spacial score (nSPS) is 13.3. The Kier molecular flexibility index (Phi) is 6.98. The fraction of sp³-hybridized carbons (Fsp3) is 0.318. The summed E-state index contributed by atoms with van der Waals surface area (Å²) in [6.07, 6.45) is 0.512. The number of benzene rings is 2. The highest BCUT2D eigenvalue weighted by Gasteiger charge is 2.19. The summed E-state index contributed by atoms with van der Waals surface area (Å²) in [5.74, 6) is 0.418. The molecule has 0 saturated heterocycles. The third-order valence-electron chi connectivity index (χ3n) is 5.21. The van der Waals surface area contributed by atoms with Crippen LogP contribution in [0.5, 0.6) is 11.5 Å². The van der Waals surface area contributed by atoms with Gasteiger partial charge < -0.3 is 14.0 Å². The van der Waals surface area contributed by atoms with Gasteiger partial charge in [-0.1, -0.05) is 12.1 Å². The number of hydrazine groups is 1. The molecule has 2 aromatic carbocycles. The number of para-hydroxylation sites is 2. The summed E-state index contributed by atoms with van der Waals surface area (Å²) in [6.45, 7) is 0.789. The van der Waals surface area contributed by atoms with E-state index in [4.69, 9.17) is 9.47 Å². The van der Waals surface area contributed by atoms with E-state index in [-0.39, 0.29) is 24.3 Å². The highest BCUT2D eigenvalue weighted by Crippen LogP contribution is 2.31. The summed E-state index contributed by atoms with van der Waals surface area (Å²) in [4.78, 5) is 28.7. The average Bonchev–Trinajstić information content (AvgIpc) is 2.98. The van der Waals surface area contributed by atoms with Gasteiger partial charge in [-0.05, 0) is 24.3 Å². The van der Waals surface area contributed by atoms with E-state index in [1.807, 2.05) is 35.9 Å². The lowest BCUT2D eigenvalue weighted by Crippen LogP contribution is -2.43. The Morgan fingerprint density at radius 2 is 1.76 bits per heavy atom. The van der Waals surface area contributed by atoms with Crippen LogP contribution in [0.25, 0.3) is 11.0 Å². The number of carbonyl (C=O) groups is 2. The minimum Gasteiger partial charge on any atom is -0.490 e. The average molecular weight is 488 g/mol. The minimum absolute atomic E-state index is 0.00733. The van der Waals surface area contributed by atoms with Crippen LogP contribution in [0, 0.1) is 0 Å². The quantitative estimate of drug-likeness (QED) is 0.419. The Balaban J connectivity index is 1.24. The van der Waals surface area contributed by atoms with Gasteiger partial charge in [0.1, 0.15) is 5.82 Å². The first-order valence-corrected chi connectivity index (χ1v) is 12.2. The van der Waals surface area contributed by atoms with E-state index >= 15 is 0 Å². The number of carbonyl (C=O) groups excluding carboxylic acids is 2. The summed E-state index contributed by atoms with van der Waals surface area (Å²) in [5.41, 5.74) is 6.28. The van der Waals surface area contributed by atoms with Gasteiger partial charge in [0.05, 0.1) is 35.6 Å². The lowest BCUT2D eigenvalue weighted by atomic mass is 10.3. The van der Waals surface area contributed by atoms with Crippen molar-refractivity contribution >= 4 is 32.9 Å². The van der Waals surface area contributed by atoms with Gasteiger partial charge in [-0.25, -0.2) is 18.1 Å². The molecule has 2 heterocycles. The van der Waals surface area contributed by atoms with Crippen LogP contribution in [0.1, 0.15) is 18.7 Å². The minimum atomic E-state index is -3.85. The van der Waals surface area contributed by atoms with E-state index in [1.165, 1.54) is 12.1 Å². The number of ether oxygens (including phenoxy) is 2. The van der Waals surface area contributed by atoms with Gasteiger partial charge in [-0.15, -0.1) is 0 Å². The smallest absolute Gasteiger partial charge is 0.245 e. The molecule has 0 saturated carbocycles. The summed E-state index contributed by atoms with van der Waals surface area (Å²) >= 11 is 0. The monoisotopic (exact) mass is 487 g/mol. The van der Waals surface area contributed by atoms with Crippen LogP contribution >= 0.6 is 0 Å². The Morgan fingerprint density at radius 3 is 2.56 bits per heavy atom. The molecule has 0 atom stereocenters. The number of imidazole rings is 1. The fourth-order valence-corrected chi connectivity index (χ4v) is 4.48. The van der Waals surface area contributed by atoms with E-state index in [1.54, 1.807) is 6.07 Å². The number of sulfonamides is 1. The number of aromatic nitrogens is 2. The molecular weight excluding hydrogens is 462 g/mol. The highest BCUT2D eigenvalue weighted by molar-refractivity contribution is 7.89. The van der Waals surface area contributed by atoms with Gasteiger partial charge in [0.25, 0.3) is 0 Å². The Bertz CT molecular complexity index is 1320. The second-order valence-corrected chi connectivity index (χ2v) is 9.42. The standard InChI is InChI=1S/C22H25N5O6S/c1-27-17-6-3-2-5-16(17)24-20(27)14-22(29)26-25-21(28)9-10-23-34(30,31)15-7-8-18-19(13-15)33-12-4-11-32-18/h2-3,5-8,13,23H,4,9-12,14H2,1H3,(H,25,28)(H,26,29). The van der Waals surface area contributed by atoms with Gasteiger partial charge >= 0.3 is 0 Å². The van der Waals surface area contributed by atoms with Crippen LogP contribution in [-0.4, -0.2) is 49.5 Å². The molecule has 12 heteroatoms. The maximum absolute atomic E-state index is 12.5. The molecule has 0 spiro atoms. The molecule has 3 aromatic rings. The zero-order chi connectivity index (χ0) is 24.1. The van der Waals surface area contributed by atoms with Crippen molar-refractivity contribution < 1.29 is 27.5 Å². The fourth-order valence-electron chi connectivity index (χ4n) is 3.44. The third-order valence-corrected chi connectivity index (χ3v) is 6.67. The van der Waals surface area contributed by atoms with Gasteiger partial charge in [0.15, 0.2) is 11.5 Å². The van der Waals surface area contributed by atoms with Crippen molar-refractivity contribution in [3.05, 3.63) is 48.3 Å². The second-order valence-electron chi connectivity index (χ2n) is 7.66. The number of amides is 2. The van der Waals surface area contributed by atoms with Crippen molar-refractivity contribution in [1.82, 2.24) is 25.1 Å². The van der Waals surface area contributed by atoms with E-state index in [9.17, 15) is 18.0 Å². The van der Waals surface area contributed by atoms with Crippen molar-refractivity contribution in [3.63, 3.8) is 0 Å². The topological polar surface area (TPSA) is 141 Å². The maximum atomic E-state index is 12.5. The molecule has 1 aromatic heterocycles. The van der Waals surface area contributed by atoms with Crippen LogP contribution in [0.4, 0.5) is 0 Å². The van der Waals surface area contributed by atoms with E-state index in [0.29, 0.717) is 37.0 Å². The number of fused-ring (bicyclic) bond motifs is 2. The predicted molar refractivity (Wildman–Crippen MR) is 123 cm³/mol. The van der Waals surface area contributed by atoms with E-state index in [2.05, 4.69) is 20.6 Å². The SMILES string of the molecule is Cn1c(CC(=O)NNC(=O)CCNS(=O)(=O)c2ccc3c(c2)OCCCO3)nc2ccccc21. The van der Waals surface area contributed by atoms with Crippen molar-refractivity contribution in [2.45, 2.75) is 24.2 Å². The molecule has 4 rings (SSSR count). The van der Waals surface area contributed by atoms with Gasteiger partial charge in [-0.2, -0.15) is 0 Å². The van der Waals surface area contributed by atoms with Gasteiger partial charge in [-0.3, -0.25) is 20.4 Å². The zero-order valence-electron chi connectivity index (χ0n) is 18.5. The molecule has 2 amide bonds. The number of hydrogen-bond acceptors (Lipinski definition) is 7. The molecule has 0 unspecified atom stereocenters. The molecule has 1 aliphatic rings. The first-order chi connectivity index (χ1) is 16.3. The molecule has 0 bridgehead atoms. The number of aryl methyl sites for hydroxylation is 1. The Morgan fingerprint density at radius 1 is 1.03 bits per heavy atom. The molecule has 0 radical (unpaired) electrons. The molecule has 3 N–H and O–H groups in total. The zero-order valence-corrected chi connectivity index (χ0v) is 19.4. The number of nitrogens with one attached hydrogen (secondary N) is 3. The summed E-state index contributed by atoms with van der Waals surface area (Å²) in [5, 5.41) is 0. The van der Waals surface area contributed by atoms with Crippen LogP contribution in [0.2, 0.25) is 0 Å². The Labute approximate surface area is 196 Å². The molecular formula is C22H25N5O6S. The van der Waals surface area contributed by atoms with Crippen LogP contribution in [-0.2, 0) is 33.1 Å². The van der Waals surface area contributed by atoms with Gasteiger partial charge in [0.2, 0.25) is 21.8 Å². The first-order valence-electron chi connectivity index (χ1n) is 10.7. The number of hydrogen-bond donors (Lipinski definition) is 3. The summed E-state index contributed by atoms with van der Waals surface area (Å²) in [6, 6.07) is 11.9. The van der Waals surface area contributed by atoms with Crippen LogP contribution in [0.15, 0.2) is 47.4 Å². The van der Waals surface area contributed by atoms with Gasteiger partial charge in [0, 0.05) is 32.5 Å². The van der Waals surface area contributed by atoms with E-state index < -0.39 is 21.8 Å². The molecule has 0 aliphatic carbocycles. The molecule has 0 fully saturated rings. The molecule has 1 aliphatic heterocycles. The lowest BCUT2D eigenvalue weighted by molar-refractivity contribution is -0.128. The number of nitrogens with zero attached hydrogens (tertiary/aromatic N) is 2.